The fraction of sp³-hybridized carbons (Fsp3) is 0.579. The van der Waals surface area contributed by atoms with Gasteiger partial charge in [0.1, 0.15) is 5.60 Å². The van der Waals surface area contributed by atoms with Crippen LogP contribution in [0.5, 0.6) is 0 Å². The topological polar surface area (TPSA) is 67.3 Å². The number of benzene rings is 1. The van der Waals surface area contributed by atoms with Crippen molar-refractivity contribution in [3.05, 3.63) is 34.2 Å². The molecule has 25 heavy (non-hydrogen) atoms. The third-order valence-electron chi connectivity index (χ3n) is 4.87. The summed E-state index contributed by atoms with van der Waals surface area (Å²) in [5.41, 5.74) is 2.00. The van der Waals surface area contributed by atoms with Gasteiger partial charge in [0, 0.05) is 13.1 Å². The van der Waals surface area contributed by atoms with E-state index < -0.39 is 5.60 Å². The molecule has 0 bridgehead atoms. The molecule has 0 unspecified atom stereocenters. The third-order valence-corrected chi connectivity index (χ3v) is 4.87. The Balaban J connectivity index is 1.84. The Morgan fingerprint density at radius 1 is 1.24 bits per heavy atom. The van der Waals surface area contributed by atoms with Gasteiger partial charge < -0.3 is 14.6 Å². The number of H-pyrrole nitrogens is 1. The van der Waals surface area contributed by atoms with Gasteiger partial charge in [-0.2, -0.15) is 0 Å². The number of carbonyl (C=O) groups is 1. The molecule has 0 saturated carbocycles. The highest BCUT2D eigenvalue weighted by Crippen LogP contribution is 2.32. The molecule has 2 aromatic rings. The van der Waals surface area contributed by atoms with E-state index in [1.54, 1.807) is 4.90 Å². The van der Waals surface area contributed by atoms with Crippen molar-refractivity contribution in [3.63, 3.8) is 0 Å². The van der Waals surface area contributed by atoms with Crippen molar-refractivity contribution < 1.29 is 9.53 Å². The van der Waals surface area contributed by atoms with Gasteiger partial charge in [0.25, 0.3) is 0 Å². The van der Waals surface area contributed by atoms with Gasteiger partial charge in [-0.15, -0.1) is 0 Å². The van der Waals surface area contributed by atoms with Gasteiger partial charge in [-0.25, -0.2) is 9.59 Å². The fourth-order valence-corrected chi connectivity index (χ4v) is 3.47. The summed E-state index contributed by atoms with van der Waals surface area (Å²) in [5.74, 6) is 0. The zero-order valence-electron chi connectivity index (χ0n) is 15.7. The van der Waals surface area contributed by atoms with E-state index >= 15 is 0 Å². The Hall–Kier alpha value is -2.24. The molecule has 1 aromatic carbocycles. The lowest BCUT2D eigenvalue weighted by atomic mass is 9.89. The van der Waals surface area contributed by atoms with Crippen LogP contribution in [0.4, 0.5) is 4.79 Å². The van der Waals surface area contributed by atoms with Crippen LogP contribution >= 0.6 is 0 Å². The van der Waals surface area contributed by atoms with E-state index in [0.717, 1.165) is 16.6 Å². The Kier molecular flexibility index (Phi) is 4.17. The van der Waals surface area contributed by atoms with Crippen molar-refractivity contribution in [2.75, 3.05) is 13.1 Å². The van der Waals surface area contributed by atoms with E-state index in [-0.39, 0.29) is 17.3 Å². The van der Waals surface area contributed by atoms with Gasteiger partial charge in [-0.1, -0.05) is 6.07 Å². The lowest BCUT2D eigenvalue weighted by Gasteiger charge is -2.40. The number of nitrogens with zero attached hydrogens (tertiary/aromatic N) is 2. The van der Waals surface area contributed by atoms with Gasteiger partial charge >= 0.3 is 11.8 Å². The predicted molar refractivity (Wildman–Crippen MR) is 98.0 cm³/mol. The van der Waals surface area contributed by atoms with Crippen LogP contribution in [0.1, 0.15) is 46.1 Å². The largest absolute Gasteiger partial charge is 0.444 e. The average Bonchev–Trinajstić information content (AvgIpc) is 2.81. The van der Waals surface area contributed by atoms with Crippen LogP contribution in [0.2, 0.25) is 0 Å². The smallest absolute Gasteiger partial charge is 0.410 e. The highest BCUT2D eigenvalue weighted by atomic mass is 16.6. The number of hydrogen-bond acceptors (Lipinski definition) is 3. The number of carbonyl (C=O) groups excluding carboxylic acids is 1. The van der Waals surface area contributed by atoms with Crippen LogP contribution in [0.25, 0.3) is 11.0 Å². The highest BCUT2D eigenvalue weighted by molar-refractivity contribution is 5.76. The van der Waals surface area contributed by atoms with Crippen molar-refractivity contribution in [2.24, 2.45) is 0 Å². The van der Waals surface area contributed by atoms with Crippen LogP contribution in [0, 0.1) is 6.92 Å². The molecule has 2 heterocycles. The first kappa shape index (κ1) is 17.6. The van der Waals surface area contributed by atoms with E-state index in [0.29, 0.717) is 25.9 Å². The third kappa shape index (κ3) is 3.43. The number of imidazole rings is 1. The summed E-state index contributed by atoms with van der Waals surface area (Å²) in [4.78, 5) is 29.5. The summed E-state index contributed by atoms with van der Waals surface area (Å²) < 4.78 is 7.32. The summed E-state index contributed by atoms with van der Waals surface area (Å²) in [6.07, 6.45) is 1.15. The zero-order chi connectivity index (χ0) is 18.4. The molecule has 1 amide bonds. The molecule has 1 N–H and O–H groups in total. The molecule has 3 rings (SSSR count). The molecule has 0 atom stereocenters. The molecule has 0 spiro atoms. The van der Waals surface area contributed by atoms with Crippen molar-refractivity contribution in [3.8, 4) is 0 Å². The molecule has 6 nitrogen and oxygen atoms in total. The number of piperidine rings is 1. The van der Waals surface area contributed by atoms with Crippen LogP contribution in [-0.2, 0) is 10.3 Å². The lowest BCUT2D eigenvalue weighted by Crippen LogP contribution is -2.50. The van der Waals surface area contributed by atoms with Crippen molar-refractivity contribution in [1.29, 1.82) is 0 Å². The Morgan fingerprint density at radius 3 is 2.48 bits per heavy atom. The van der Waals surface area contributed by atoms with Crippen molar-refractivity contribution >= 4 is 17.1 Å². The molecule has 1 aliphatic heterocycles. The minimum absolute atomic E-state index is 0.0891. The summed E-state index contributed by atoms with van der Waals surface area (Å²) in [6.45, 7) is 10.9. The lowest BCUT2D eigenvalue weighted by molar-refractivity contribution is 0.0131. The first-order valence-corrected chi connectivity index (χ1v) is 8.79. The zero-order valence-corrected chi connectivity index (χ0v) is 15.7. The van der Waals surface area contributed by atoms with E-state index in [2.05, 4.69) is 11.9 Å². The normalized spacial score (nSPS) is 17.7. The standard InChI is InChI=1S/C19H27N3O3/c1-13-6-7-14-15(12-13)22(16(23)20-14)19(5)8-10-21(11-9-19)17(24)25-18(2,3)4/h6-7,12H,8-11H2,1-5H3,(H,20,23). The molecule has 1 aliphatic rings. The van der Waals surface area contributed by atoms with E-state index in [4.69, 9.17) is 4.74 Å². The number of ether oxygens (including phenoxy) is 1. The number of amides is 1. The number of aryl methyl sites for hydroxylation is 1. The predicted octanol–water partition coefficient (Wildman–Crippen LogP) is 3.38. The van der Waals surface area contributed by atoms with Crippen molar-refractivity contribution in [1.82, 2.24) is 14.5 Å². The van der Waals surface area contributed by atoms with E-state index in [1.807, 2.05) is 50.5 Å². The summed E-state index contributed by atoms with van der Waals surface area (Å²) in [7, 11) is 0. The van der Waals surface area contributed by atoms with Gasteiger partial charge in [-0.3, -0.25) is 4.57 Å². The molecule has 1 aromatic heterocycles. The number of aromatic nitrogens is 2. The molecule has 136 valence electrons. The minimum atomic E-state index is -0.497. The summed E-state index contributed by atoms with van der Waals surface area (Å²) in [6, 6.07) is 5.98. The summed E-state index contributed by atoms with van der Waals surface area (Å²) in [5, 5.41) is 0. The van der Waals surface area contributed by atoms with Gasteiger partial charge in [0.15, 0.2) is 0 Å². The molecule has 6 heteroatoms. The van der Waals surface area contributed by atoms with Gasteiger partial charge in [0.2, 0.25) is 0 Å². The van der Waals surface area contributed by atoms with Crippen LogP contribution in [-0.4, -0.2) is 39.2 Å². The monoisotopic (exact) mass is 345 g/mol. The maximum Gasteiger partial charge on any atom is 0.410 e. The first-order chi connectivity index (χ1) is 11.6. The number of aromatic amines is 1. The summed E-state index contributed by atoms with van der Waals surface area (Å²) >= 11 is 0. The molecular weight excluding hydrogens is 318 g/mol. The van der Waals surface area contributed by atoms with Crippen LogP contribution in [0.3, 0.4) is 0 Å². The second kappa shape index (κ2) is 5.93. The van der Waals surface area contributed by atoms with Crippen molar-refractivity contribution in [2.45, 2.75) is 58.6 Å². The first-order valence-electron chi connectivity index (χ1n) is 8.79. The number of hydrogen-bond donors (Lipinski definition) is 1. The number of likely N-dealkylation sites (tertiary alicyclic amines) is 1. The van der Waals surface area contributed by atoms with Crippen LogP contribution in [0.15, 0.2) is 23.0 Å². The van der Waals surface area contributed by atoms with Gasteiger partial charge in [0.05, 0.1) is 16.6 Å². The maximum absolute atomic E-state index is 12.6. The minimum Gasteiger partial charge on any atom is -0.444 e. The Labute approximate surface area is 147 Å². The van der Waals surface area contributed by atoms with E-state index in [9.17, 15) is 9.59 Å². The average molecular weight is 345 g/mol. The van der Waals surface area contributed by atoms with Crippen LogP contribution < -0.4 is 5.69 Å². The van der Waals surface area contributed by atoms with Gasteiger partial charge in [-0.05, 0) is 65.2 Å². The molecule has 0 radical (unpaired) electrons. The molecule has 0 aliphatic carbocycles. The second-order valence-electron chi connectivity index (χ2n) is 8.25. The molecular formula is C19H27N3O3. The number of rotatable bonds is 1. The second-order valence-corrected chi connectivity index (χ2v) is 8.25. The quantitative estimate of drug-likeness (QED) is 0.861. The number of nitrogens with one attached hydrogen (secondary N) is 1. The SMILES string of the molecule is Cc1ccc2[nH]c(=O)n(C3(C)CCN(C(=O)OC(C)(C)C)CC3)c2c1. The fourth-order valence-electron chi connectivity index (χ4n) is 3.47. The Morgan fingerprint density at radius 2 is 1.88 bits per heavy atom. The number of fused-ring (bicyclic) bond motifs is 1. The van der Waals surface area contributed by atoms with E-state index in [1.165, 1.54) is 0 Å². The maximum atomic E-state index is 12.6. The highest BCUT2D eigenvalue weighted by Gasteiger charge is 2.36. The Bertz CT molecular complexity index is 849. The molecule has 1 fully saturated rings. The molecule has 1 saturated heterocycles.